The maximum atomic E-state index is 6.19. The summed E-state index contributed by atoms with van der Waals surface area (Å²) in [5.41, 5.74) is 4.95. The zero-order chi connectivity index (χ0) is 20.6. The summed E-state index contributed by atoms with van der Waals surface area (Å²) in [7, 11) is 0. The van der Waals surface area contributed by atoms with E-state index in [0.717, 1.165) is 51.7 Å². The first-order valence-electron chi connectivity index (χ1n) is 10.6. The first-order chi connectivity index (χ1) is 14.6. The third kappa shape index (κ3) is 3.68. The summed E-state index contributed by atoms with van der Waals surface area (Å²) >= 11 is 6.19. The van der Waals surface area contributed by atoms with Gasteiger partial charge in [0.1, 0.15) is 5.66 Å². The predicted molar refractivity (Wildman–Crippen MR) is 126 cm³/mol. The molecule has 1 aliphatic carbocycles. The molecule has 0 atom stereocenters. The van der Waals surface area contributed by atoms with E-state index in [0.29, 0.717) is 5.02 Å². The molecule has 0 spiro atoms. The molecule has 0 aliphatic heterocycles. The Labute approximate surface area is 181 Å². The van der Waals surface area contributed by atoms with Crippen molar-refractivity contribution >= 4 is 44.8 Å². The number of aryl methyl sites for hydroxylation is 1. The van der Waals surface area contributed by atoms with Crippen molar-refractivity contribution in [1.29, 1.82) is 0 Å². The second kappa shape index (κ2) is 7.77. The quantitative estimate of drug-likeness (QED) is 0.354. The number of pyridine rings is 2. The van der Waals surface area contributed by atoms with Gasteiger partial charge in [0.25, 0.3) is 0 Å². The van der Waals surface area contributed by atoms with Crippen LogP contribution in [0.15, 0.2) is 60.8 Å². The molecule has 0 amide bonds. The van der Waals surface area contributed by atoms with Gasteiger partial charge in [0.15, 0.2) is 0 Å². The van der Waals surface area contributed by atoms with Crippen molar-refractivity contribution in [3.63, 3.8) is 0 Å². The van der Waals surface area contributed by atoms with Crippen molar-refractivity contribution in [1.82, 2.24) is 9.97 Å². The summed E-state index contributed by atoms with van der Waals surface area (Å²) in [6, 6.07) is 18.5. The van der Waals surface area contributed by atoms with E-state index < -0.39 is 0 Å². The lowest BCUT2D eigenvalue weighted by atomic mass is 9.88. The molecule has 2 N–H and O–H groups in total. The van der Waals surface area contributed by atoms with Gasteiger partial charge in [-0.05, 0) is 69.0 Å². The van der Waals surface area contributed by atoms with Gasteiger partial charge in [0.05, 0.1) is 11.0 Å². The van der Waals surface area contributed by atoms with E-state index in [9.17, 15) is 0 Å². The van der Waals surface area contributed by atoms with Crippen molar-refractivity contribution in [2.75, 3.05) is 10.6 Å². The Hall–Kier alpha value is -2.85. The van der Waals surface area contributed by atoms with Gasteiger partial charge in [-0.3, -0.25) is 9.97 Å². The number of halogens is 1. The Morgan fingerprint density at radius 1 is 0.833 bits per heavy atom. The highest BCUT2D eigenvalue weighted by Gasteiger charge is 2.33. The molecular weight excluding hydrogens is 392 g/mol. The third-order valence-electron chi connectivity index (χ3n) is 6.00. The van der Waals surface area contributed by atoms with Gasteiger partial charge in [-0.2, -0.15) is 0 Å². The number of hydrogen-bond donors (Lipinski definition) is 2. The molecule has 0 bridgehead atoms. The molecule has 30 heavy (non-hydrogen) atoms. The minimum Gasteiger partial charge on any atom is -0.362 e. The molecule has 0 unspecified atom stereocenters. The van der Waals surface area contributed by atoms with Crippen LogP contribution < -0.4 is 10.6 Å². The average molecular weight is 417 g/mol. The average Bonchev–Trinajstić information content (AvgIpc) is 2.74. The van der Waals surface area contributed by atoms with E-state index in [1.807, 2.05) is 24.4 Å². The van der Waals surface area contributed by atoms with Crippen LogP contribution in [0.4, 0.5) is 11.4 Å². The van der Waals surface area contributed by atoms with Crippen LogP contribution >= 0.6 is 11.6 Å². The summed E-state index contributed by atoms with van der Waals surface area (Å²) in [6.07, 6.45) is 7.62. The lowest BCUT2D eigenvalue weighted by molar-refractivity contribution is 0.360. The van der Waals surface area contributed by atoms with Crippen molar-refractivity contribution in [3.05, 3.63) is 71.5 Å². The first kappa shape index (κ1) is 19.1. The summed E-state index contributed by atoms with van der Waals surface area (Å²) in [5, 5.41) is 10.7. The number of fused-ring (bicyclic) bond motifs is 2. The molecule has 5 rings (SSSR count). The molecule has 2 heterocycles. The predicted octanol–water partition coefficient (Wildman–Crippen LogP) is 6.93. The lowest BCUT2D eigenvalue weighted by Gasteiger charge is -2.41. The number of nitrogens with zero attached hydrogens (tertiary/aromatic N) is 2. The van der Waals surface area contributed by atoms with Gasteiger partial charge in [-0.1, -0.05) is 36.2 Å². The number of aromatic nitrogens is 2. The van der Waals surface area contributed by atoms with Crippen LogP contribution in [0.2, 0.25) is 5.02 Å². The van der Waals surface area contributed by atoms with Gasteiger partial charge >= 0.3 is 0 Å². The van der Waals surface area contributed by atoms with Crippen LogP contribution in [-0.4, -0.2) is 15.6 Å². The Bertz CT molecular complexity index is 1210. The summed E-state index contributed by atoms with van der Waals surface area (Å²) < 4.78 is 0. The Kier molecular flexibility index (Phi) is 4.95. The maximum absolute atomic E-state index is 6.19. The minimum absolute atomic E-state index is 0.220. The molecule has 1 saturated carbocycles. The lowest BCUT2D eigenvalue weighted by Crippen LogP contribution is -2.47. The molecule has 2 aromatic carbocycles. The van der Waals surface area contributed by atoms with Crippen LogP contribution in [0.25, 0.3) is 21.8 Å². The first-order valence-corrected chi connectivity index (χ1v) is 11.0. The second-order valence-electron chi connectivity index (χ2n) is 8.24. The fraction of sp³-hybridized carbons (Fsp3) is 0.280. The molecule has 0 radical (unpaired) electrons. The van der Waals surface area contributed by atoms with Gasteiger partial charge in [0, 0.05) is 39.1 Å². The zero-order valence-electron chi connectivity index (χ0n) is 17.1. The molecule has 1 aliphatic rings. The number of hydrogen-bond acceptors (Lipinski definition) is 4. The number of benzene rings is 2. The number of nitrogens with one attached hydrogen (secondary N) is 2. The van der Waals surface area contributed by atoms with Gasteiger partial charge < -0.3 is 10.6 Å². The normalized spacial score (nSPS) is 15.9. The van der Waals surface area contributed by atoms with Crippen molar-refractivity contribution < 1.29 is 0 Å². The number of anilines is 2. The summed E-state index contributed by atoms with van der Waals surface area (Å²) in [4.78, 5) is 9.21. The van der Waals surface area contributed by atoms with E-state index in [2.05, 4.69) is 58.9 Å². The molecule has 1 fully saturated rings. The standard InChI is InChI=1S/C25H25ClN4/c1-17-15-24(19-7-3-4-8-21(19)28-17)30-25(12-5-2-6-13-25)29-22-11-14-27-23-16-18(26)9-10-20(22)23/h3-4,7-11,14-16H,2,5-6,12-13H2,1H3,(H,27,29)(H,28,30). The fourth-order valence-corrected chi connectivity index (χ4v) is 4.76. The zero-order valence-corrected chi connectivity index (χ0v) is 17.8. The molecule has 4 aromatic rings. The maximum Gasteiger partial charge on any atom is 0.108 e. The Morgan fingerprint density at radius 2 is 1.60 bits per heavy atom. The number of para-hydroxylation sites is 1. The molecule has 4 nitrogen and oxygen atoms in total. The smallest absolute Gasteiger partial charge is 0.108 e. The van der Waals surface area contributed by atoms with E-state index in [1.54, 1.807) is 0 Å². The largest absolute Gasteiger partial charge is 0.362 e. The second-order valence-corrected chi connectivity index (χ2v) is 8.68. The fourth-order valence-electron chi connectivity index (χ4n) is 4.59. The molecule has 0 saturated heterocycles. The highest BCUT2D eigenvalue weighted by Crippen LogP contribution is 2.37. The highest BCUT2D eigenvalue weighted by molar-refractivity contribution is 6.31. The Morgan fingerprint density at radius 3 is 2.47 bits per heavy atom. The van der Waals surface area contributed by atoms with Crippen LogP contribution in [0.3, 0.4) is 0 Å². The van der Waals surface area contributed by atoms with E-state index in [4.69, 9.17) is 16.6 Å². The molecular formula is C25H25ClN4. The third-order valence-corrected chi connectivity index (χ3v) is 6.24. The minimum atomic E-state index is -0.220. The van der Waals surface area contributed by atoms with Gasteiger partial charge in [-0.15, -0.1) is 0 Å². The summed E-state index contributed by atoms with van der Waals surface area (Å²) in [5.74, 6) is 0. The SMILES string of the molecule is Cc1cc(NC2(Nc3ccnc4cc(Cl)ccc34)CCCCC2)c2ccccc2n1. The van der Waals surface area contributed by atoms with E-state index >= 15 is 0 Å². The van der Waals surface area contributed by atoms with Gasteiger partial charge in [0.2, 0.25) is 0 Å². The van der Waals surface area contributed by atoms with Crippen molar-refractivity contribution in [3.8, 4) is 0 Å². The molecule has 5 heteroatoms. The highest BCUT2D eigenvalue weighted by atomic mass is 35.5. The van der Waals surface area contributed by atoms with Crippen LogP contribution in [0, 0.1) is 6.92 Å². The summed E-state index contributed by atoms with van der Waals surface area (Å²) in [6.45, 7) is 2.05. The number of rotatable bonds is 4. The Balaban J connectivity index is 1.57. The van der Waals surface area contributed by atoms with Crippen LogP contribution in [-0.2, 0) is 0 Å². The van der Waals surface area contributed by atoms with Crippen LogP contribution in [0.5, 0.6) is 0 Å². The topological polar surface area (TPSA) is 49.8 Å². The molecule has 2 aromatic heterocycles. The van der Waals surface area contributed by atoms with E-state index in [1.165, 1.54) is 19.3 Å². The molecule has 152 valence electrons. The van der Waals surface area contributed by atoms with Gasteiger partial charge in [-0.25, -0.2) is 0 Å². The monoisotopic (exact) mass is 416 g/mol. The van der Waals surface area contributed by atoms with Crippen molar-refractivity contribution in [2.24, 2.45) is 0 Å². The van der Waals surface area contributed by atoms with Crippen molar-refractivity contribution in [2.45, 2.75) is 44.7 Å². The van der Waals surface area contributed by atoms with Crippen LogP contribution in [0.1, 0.15) is 37.8 Å². The van der Waals surface area contributed by atoms with E-state index in [-0.39, 0.29) is 5.66 Å².